The molecule has 5 heteroatoms. The second-order valence-electron chi connectivity index (χ2n) is 7.33. The summed E-state index contributed by atoms with van der Waals surface area (Å²) in [5.74, 6) is 2.97. The first kappa shape index (κ1) is 19.6. The van der Waals surface area contributed by atoms with Gasteiger partial charge in [0.15, 0.2) is 5.96 Å². The Balaban J connectivity index is 2.03. The predicted molar refractivity (Wildman–Crippen MR) is 105 cm³/mol. The van der Waals surface area contributed by atoms with E-state index in [2.05, 4.69) is 65.7 Å². The van der Waals surface area contributed by atoms with Crippen LogP contribution in [0.25, 0.3) is 0 Å². The smallest absolute Gasteiger partial charge is 0.190 e. The van der Waals surface area contributed by atoms with E-state index >= 15 is 0 Å². The standard InChI is InChI=1S/C20H34N4O/c1-15(2)13-22-20(21-3)23-14-17-7-6-12-24(4)19(17)16-8-10-18(25-5)11-9-16/h8-11,15,17,19H,6-7,12-14H2,1-5H3,(H2,21,22,23). The molecule has 1 aliphatic rings. The topological polar surface area (TPSA) is 48.9 Å². The van der Waals surface area contributed by atoms with Crippen molar-refractivity contribution in [2.24, 2.45) is 16.8 Å². The van der Waals surface area contributed by atoms with Crippen LogP contribution in [0.1, 0.15) is 38.3 Å². The van der Waals surface area contributed by atoms with E-state index in [1.54, 1.807) is 7.11 Å². The lowest BCUT2D eigenvalue weighted by Gasteiger charge is -2.40. The van der Waals surface area contributed by atoms with Crippen LogP contribution in [0.15, 0.2) is 29.3 Å². The zero-order chi connectivity index (χ0) is 18.2. The minimum atomic E-state index is 0.426. The zero-order valence-electron chi connectivity index (χ0n) is 16.4. The summed E-state index contributed by atoms with van der Waals surface area (Å²) in [7, 11) is 5.78. The molecule has 2 unspecified atom stereocenters. The first-order valence-corrected chi connectivity index (χ1v) is 9.33. The molecule has 1 saturated heterocycles. The summed E-state index contributed by atoms with van der Waals surface area (Å²) in [6, 6.07) is 8.95. The van der Waals surface area contributed by atoms with Gasteiger partial charge in [-0.3, -0.25) is 9.89 Å². The van der Waals surface area contributed by atoms with Gasteiger partial charge in [0.2, 0.25) is 0 Å². The number of piperidine rings is 1. The van der Waals surface area contributed by atoms with Crippen molar-refractivity contribution >= 4 is 5.96 Å². The maximum absolute atomic E-state index is 5.30. The van der Waals surface area contributed by atoms with E-state index in [1.807, 2.05) is 7.05 Å². The summed E-state index contributed by atoms with van der Waals surface area (Å²) < 4.78 is 5.30. The maximum atomic E-state index is 5.30. The van der Waals surface area contributed by atoms with Gasteiger partial charge in [0, 0.05) is 26.2 Å². The second kappa shape index (κ2) is 9.66. The molecule has 0 amide bonds. The zero-order valence-corrected chi connectivity index (χ0v) is 16.4. The fraction of sp³-hybridized carbons (Fsp3) is 0.650. The van der Waals surface area contributed by atoms with Crippen molar-refractivity contribution in [2.75, 3.05) is 40.8 Å². The van der Waals surface area contributed by atoms with E-state index < -0.39 is 0 Å². The molecular formula is C20H34N4O. The number of nitrogens with one attached hydrogen (secondary N) is 2. The van der Waals surface area contributed by atoms with Gasteiger partial charge in [0.1, 0.15) is 5.75 Å². The lowest BCUT2D eigenvalue weighted by molar-refractivity contribution is 0.122. The molecule has 0 spiro atoms. The van der Waals surface area contributed by atoms with Gasteiger partial charge in [-0.2, -0.15) is 0 Å². The van der Waals surface area contributed by atoms with Gasteiger partial charge in [-0.15, -0.1) is 0 Å². The van der Waals surface area contributed by atoms with E-state index in [9.17, 15) is 0 Å². The van der Waals surface area contributed by atoms with Crippen molar-refractivity contribution in [3.05, 3.63) is 29.8 Å². The first-order chi connectivity index (χ1) is 12.0. The quantitative estimate of drug-likeness (QED) is 0.614. The van der Waals surface area contributed by atoms with E-state index in [0.717, 1.165) is 31.3 Å². The van der Waals surface area contributed by atoms with Crippen molar-refractivity contribution in [1.82, 2.24) is 15.5 Å². The minimum absolute atomic E-state index is 0.426. The monoisotopic (exact) mass is 346 g/mol. The van der Waals surface area contributed by atoms with Crippen molar-refractivity contribution in [3.8, 4) is 5.75 Å². The molecule has 1 aliphatic heterocycles. The maximum Gasteiger partial charge on any atom is 0.190 e. The van der Waals surface area contributed by atoms with Gasteiger partial charge in [-0.05, 0) is 56.0 Å². The fourth-order valence-electron chi connectivity index (χ4n) is 3.55. The number of ether oxygens (including phenoxy) is 1. The van der Waals surface area contributed by atoms with Crippen LogP contribution in [0.3, 0.4) is 0 Å². The van der Waals surface area contributed by atoms with E-state index in [4.69, 9.17) is 4.74 Å². The number of guanidine groups is 1. The summed E-state index contributed by atoms with van der Waals surface area (Å²) >= 11 is 0. The molecule has 1 heterocycles. The SMILES string of the molecule is CN=C(NCC(C)C)NCC1CCCN(C)C1c1ccc(OC)cc1. The Labute approximate surface area is 152 Å². The van der Waals surface area contributed by atoms with Crippen LogP contribution in [-0.2, 0) is 0 Å². The van der Waals surface area contributed by atoms with Crippen LogP contribution < -0.4 is 15.4 Å². The average Bonchev–Trinajstić information content (AvgIpc) is 2.62. The molecule has 25 heavy (non-hydrogen) atoms. The number of aliphatic imine (C=N–C) groups is 1. The van der Waals surface area contributed by atoms with Gasteiger partial charge < -0.3 is 15.4 Å². The third-order valence-corrected chi connectivity index (χ3v) is 4.90. The van der Waals surface area contributed by atoms with E-state index in [1.165, 1.54) is 18.4 Å². The molecule has 140 valence electrons. The van der Waals surface area contributed by atoms with E-state index in [0.29, 0.717) is 17.9 Å². The van der Waals surface area contributed by atoms with Crippen LogP contribution in [0.4, 0.5) is 0 Å². The highest BCUT2D eigenvalue weighted by Gasteiger charge is 2.30. The van der Waals surface area contributed by atoms with Crippen LogP contribution in [0, 0.1) is 11.8 Å². The third-order valence-electron chi connectivity index (χ3n) is 4.90. The Morgan fingerprint density at radius 2 is 2.00 bits per heavy atom. The van der Waals surface area contributed by atoms with Gasteiger partial charge in [0.05, 0.1) is 7.11 Å². The molecule has 0 radical (unpaired) electrons. The summed E-state index contributed by atoms with van der Waals surface area (Å²) in [4.78, 5) is 6.82. The lowest BCUT2D eigenvalue weighted by atomic mass is 9.85. The molecule has 1 fully saturated rings. The fourth-order valence-corrected chi connectivity index (χ4v) is 3.55. The Morgan fingerprint density at radius 1 is 1.28 bits per heavy atom. The van der Waals surface area contributed by atoms with Crippen molar-refractivity contribution in [2.45, 2.75) is 32.7 Å². The molecule has 0 aliphatic carbocycles. The highest BCUT2D eigenvalue weighted by molar-refractivity contribution is 5.79. The first-order valence-electron chi connectivity index (χ1n) is 9.33. The number of rotatable bonds is 6. The Hall–Kier alpha value is -1.75. The average molecular weight is 347 g/mol. The second-order valence-corrected chi connectivity index (χ2v) is 7.33. The van der Waals surface area contributed by atoms with Gasteiger partial charge >= 0.3 is 0 Å². The van der Waals surface area contributed by atoms with E-state index in [-0.39, 0.29) is 0 Å². The van der Waals surface area contributed by atoms with Crippen LogP contribution in [0.2, 0.25) is 0 Å². The minimum Gasteiger partial charge on any atom is -0.497 e. The number of benzene rings is 1. The molecular weight excluding hydrogens is 312 g/mol. The number of methoxy groups -OCH3 is 1. The molecule has 0 bridgehead atoms. The van der Waals surface area contributed by atoms with Crippen molar-refractivity contribution in [3.63, 3.8) is 0 Å². The predicted octanol–water partition coefficient (Wildman–Crippen LogP) is 2.90. The molecule has 1 aromatic rings. The summed E-state index contributed by atoms with van der Waals surface area (Å²) in [5, 5.41) is 6.92. The number of likely N-dealkylation sites (tertiary alicyclic amines) is 1. The molecule has 1 aromatic carbocycles. The lowest BCUT2D eigenvalue weighted by Crippen LogP contribution is -2.45. The molecule has 0 aromatic heterocycles. The number of nitrogens with zero attached hydrogens (tertiary/aromatic N) is 2. The van der Waals surface area contributed by atoms with Gasteiger partial charge in [-0.25, -0.2) is 0 Å². The summed E-state index contributed by atoms with van der Waals surface area (Å²) in [6.45, 7) is 7.42. The van der Waals surface area contributed by atoms with Crippen molar-refractivity contribution < 1.29 is 4.74 Å². The Bertz CT molecular complexity index is 541. The van der Waals surface area contributed by atoms with Crippen LogP contribution in [-0.4, -0.2) is 51.7 Å². The highest BCUT2D eigenvalue weighted by Crippen LogP contribution is 2.35. The molecule has 5 nitrogen and oxygen atoms in total. The van der Waals surface area contributed by atoms with Crippen molar-refractivity contribution in [1.29, 1.82) is 0 Å². The van der Waals surface area contributed by atoms with Crippen LogP contribution in [0.5, 0.6) is 5.75 Å². The largest absolute Gasteiger partial charge is 0.497 e. The number of hydrogen-bond donors (Lipinski definition) is 2. The molecule has 2 rings (SSSR count). The highest BCUT2D eigenvalue weighted by atomic mass is 16.5. The number of hydrogen-bond acceptors (Lipinski definition) is 3. The summed E-state index contributed by atoms with van der Waals surface area (Å²) in [5.41, 5.74) is 1.36. The van der Waals surface area contributed by atoms with Crippen LogP contribution >= 0.6 is 0 Å². The molecule has 2 N–H and O–H groups in total. The van der Waals surface area contributed by atoms with Gasteiger partial charge in [0.25, 0.3) is 0 Å². The Morgan fingerprint density at radius 3 is 2.60 bits per heavy atom. The molecule has 2 atom stereocenters. The van der Waals surface area contributed by atoms with Gasteiger partial charge in [-0.1, -0.05) is 26.0 Å². The molecule has 0 saturated carbocycles. The Kier molecular flexibility index (Phi) is 7.56. The normalized spacial score (nSPS) is 22.1. The summed E-state index contributed by atoms with van der Waals surface area (Å²) in [6.07, 6.45) is 2.47. The third kappa shape index (κ3) is 5.63.